The Labute approximate surface area is 85.9 Å². The van der Waals surface area contributed by atoms with Gasteiger partial charge < -0.3 is 5.73 Å². The molecule has 0 amide bonds. The monoisotopic (exact) mass is 202 g/mol. The molecule has 3 heteroatoms. The smallest absolute Gasteiger partial charge is 0.0685 e. The summed E-state index contributed by atoms with van der Waals surface area (Å²) in [6.45, 7) is 8.16. The third-order valence-corrected chi connectivity index (χ3v) is 2.14. The Morgan fingerprint density at radius 1 is 1.54 bits per heavy atom. The summed E-state index contributed by atoms with van der Waals surface area (Å²) in [5.41, 5.74) is 6.53. The van der Waals surface area contributed by atoms with Crippen LogP contribution in [-0.4, -0.2) is 11.6 Å². The van der Waals surface area contributed by atoms with Crippen molar-refractivity contribution in [3.05, 3.63) is 11.9 Å². The molecule has 0 spiro atoms. The van der Waals surface area contributed by atoms with Gasteiger partial charge >= 0.3 is 0 Å². The first kappa shape index (κ1) is 12.5. The molecule has 0 fully saturated rings. The highest BCUT2D eigenvalue weighted by Gasteiger charge is 2.12. The first-order valence-corrected chi connectivity index (χ1v) is 4.95. The molecular weight excluding hydrogens is 184 g/mol. The lowest BCUT2D eigenvalue weighted by Gasteiger charge is -2.17. The lowest BCUT2D eigenvalue weighted by Crippen LogP contribution is -2.16. The van der Waals surface area contributed by atoms with Crippen molar-refractivity contribution in [2.24, 2.45) is 16.1 Å². The number of hydrogen-bond acceptors (Lipinski definition) is 2. The van der Waals surface area contributed by atoms with E-state index in [1.165, 1.54) is 0 Å². The molecule has 13 heavy (non-hydrogen) atoms. The van der Waals surface area contributed by atoms with E-state index >= 15 is 0 Å². The predicted octanol–water partition coefficient (Wildman–Crippen LogP) is 2.92. The molecule has 0 saturated heterocycles. The number of hydrogen-bond donors (Lipinski definition) is 1. The van der Waals surface area contributed by atoms with Crippen molar-refractivity contribution in [1.82, 2.24) is 0 Å². The van der Waals surface area contributed by atoms with Gasteiger partial charge in [0.25, 0.3) is 0 Å². The molecule has 0 aliphatic carbocycles. The highest BCUT2D eigenvalue weighted by atomic mass is 35.5. The fourth-order valence-corrected chi connectivity index (χ4v) is 0.581. The zero-order valence-corrected chi connectivity index (χ0v) is 9.60. The van der Waals surface area contributed by atoms with Gasteiger partial charge in [-0.05, 0) is 6.42 Å². The Balaban J connectivity index is 4.19. The lowest BCUT2D eigenvalue weighted by atomic mass is 9.93. The fourth-order valence-electron chi connectivity index (χ4n) is 0.516. The minimum absolute atomic E-state index is 0.00372. The second-order valence-corrected chi connectivity index (χ2v) is 4.62. The van der Waals surface area contributed by atoms with Gasteiger partial charge in [0.1, 0.15) is 0 Å². The second-order valence-electron chi connectivity index (χ2n) is 4.06. The fraction of sp³-hybridized carbons (Fsp3) is 0.700. The van der Waals surface area contributed by atoms with Gasteiger partial charge in [0.05, 0.1) is 5.38 Å². The van der Waals surface area contributed by atoms with Crippen LogP contribution in [0.1, 0.15) is 34.1 Å². The minimum atomic E-state index is -0.0225. The number of nitrogens with zero attached hydrogens (tertiary/aromatic N) is 1. The molecule has 2 nitrogen and oxygen atoms in total. The molecule has 0 saturated carbocycles. The molecule has 0 aliphatic rings. The largest absolute Gasteiger partial charge is 0.400 e. The number of halogens is 1. The van der Waals surface area contributed by atoms with Crippen LogP contribution >= 0.6 is 11.6 Å². The summed E-state index contributed by atoms with van der Waals surface area (Å²) in [5.74, 6) is 0. The molecule has 0 aromatic rings. The van der Waals surface area contributed by atoms with Gasteiger partial charge in [0, 0.05) is 23.5 Å². The van der Waals surface area contributed by atoms with E-state index in [2.05, 4.69) is 4.99 Å². The van der Waals surface area contributed by atoms with Crippen LogP contribution in [0.15, 0.2) is 16.9 Å². The minimum Gasteiger partial charge on any atom is -0.400 e. The summed E-state index contributed by atoms with van der Waals surface area (Å²) in [6.07, 6.45) is 4.26. The maximum atomic E-state index is 5.84. The van der Waals surface area contributed by atoms with E-state index in [0.717, 1.165) is 12.1 Å². The third kappa shape index (κ3) is 5.69. The summed E-state index contributed by atoms with van der Waals surface area (Å²) in [7, 11) is 0. The van der Waals surface area contributed by atoms with E-state index in [9.17, 15) is 0 Å². The summed E-state index contributed by atoms with van der Waals surface area (Å²) >= 11 is 5.84. The van der Waals surface area contributed by atoms with E-state index in [1.807, 2.05) is 27.7 Å². The van der Waals surface area contributed by atoms with E-state index in [4.69, 9.17) is 17.3 Å². The molecule has 1 atom stereocenters. The van der Waals surface area contributed by atoms with Crippen LogP contribution in [0.4, 0.5) is 0 Å². The van der Waals surface area contributed by atoms with Crippen LogP contribution < -0.4 is 5.73 Å². The van der Waals surface area contributed by atoms with Crippen LogP contribution in [0.3, 0.4) is 0 Å². The molecule has 0 radical (unpaired) electrons. The van der Waals surface area contributed by atoms with Gasteiger partial charge in [0.15, 0.2) is 0 Å². The zero-order valence-electron chi connectivity index (χ0n) is 8.84. The van der Waals surface area contributed by atoms with Crippen molar-refractivity contribution in [3.8, 4) is 0 Å². The predicted molar refractivity (Wildman–Crippen MR) is 60.1 cm³/mol. The Hall–Kier alpha value is -0.500. The van der Waals surface area contributed by atoms with Gasteiger partial charge in [-0.25, -0.2) is 0 Å². The van der Waals surface area contributed by atoms with Gasteiger partial charge in [0.2, 0.25) is 0 Å². The first-order valence-electron chi connectivity index (χ1n) is 4.51. The van der Waals surface area contributed by atoms with E-state index in [1.54, 1.807) is 12.4 Å². The Morgan fingerprint density at radius 3 is 2.46 bits per heavy atom. The number of nitrogens with two attached hydrogens (primary N) is 1. The standard InChI is InChI=1S/C10H19ClN2/c1-5-8(11)6-13-7-9(12)10(2,3)4/h6-8H,5,12H2,1-4H3/b9-7-,13-6-. The average Bonchev–Trinajstić information content (AvgIpc) is 2.02. The van der Waals surface area contributed by atoms with Gasteiger partial charge in [-0.2, -0.15) is 0 Å². The van der Waals surface area contributed by atoms with Gasteiger partial charge in [-0.3, -0.25) is 4.99 Å². The topological polar surface area (TPSA) is 38.4 Å². The first-order chi connectivity index (χ1) is 5.88. The molecule has 0 aliphatic heterocycles. The Morgan fingerprint density at radius 2 is 2.08 bits per heavy atom. The molecule has 0 aromatic carbocycles. The van der Waals surface area contributed by atoms with E-state index in [0.29, 0.717) is 0 Å². The highest BCUT2D eigenvalue weighted by molar-refractivity contribution is 6.28. The zero-order chi connectivity index (χ0) is 10.5. The van der Waals surface area contributed by atoms with Crippen molar-refractivity contribution in [2.45, 2.75) is 39.5 Å². The summed E-state index contributed by atoms with van der Waals surface area (Å²) < 4.78 is 0. The number of aliphatic imine (C=N–C) groups is 1. The maximum Gasteiger partial charge on any atom is 0.0685 e. The van der Waals surface area contributed by atoms with Crippen LogP contribution in [0.2, 0.25) is 0 Å². The molecule has 0 heterocycles. The normalized spacial score (nSPS) is 16.5. The van der Waals surface area contributed by atoms with Crippen LogP contribution in [0.5, 0.6) is 0 Å². The second kappa shape index (κ2) is 5.28. The highest BCUT2D eigenvalue weighted by Crippen LogP contribution is 2.20. The van der Waals surface area contributed by atoms with Crippen molar-refractivity contribution in [3.63, 3.8) is 0 Å². The summed E-state index contributed by atoms with van der Waals surface area (Å²) in [6, 6.07) is 0. The molecule has 2 N–H and O–H groups in total. The summed E-state index contributed by atoms with van der Waals surface area (Å²) in [5, 5.41) is 0.00372. The average molecular weight is 203 g/mol. The van der Waals surface area contributed by atoms with E-state index < -0.39 is 0 Å². The molecule has 0 rings (SSSR count). The summed E-state index contributed by atoms with van der Waals surface area (Å²) in [4.78, 5) is 4.06. The molecule has 0 aromatic heterocycles. The van der Waals surface area contributed by atoms with E-state index in [-0.39, 0.29) is 10.8 Å². The van der Waals surface area contributed by atoms with Crippen LogP contribution in [0, 0.1) is 5.41 Å². The van der Waals surface area contributed by atoms with Crippen molar-refractivity contribution in [2.75, 3.05) is 0 Å². The SMILES string of the molecule is CCC(Cl)/C=N\C=C(/N)C(C)(C)C. The van der Waals surface area contributed by atoms with Gasteiger partial charge in [-0.1, -0.05) is 27.7 Å². The maximum absolute atomic E-state index is 5.84. The molecule has 76 valence electrons. The van der Waals surface area contributed by atoms with Crippen molar-refractivity contribution < 1.29 is 0 Å². The third-order valence-electron chi connectivity index (χ3n) is 1.72. The van der Waals surface area contributed by atoms with Crippen LogP contribution in [0.25, 0.3) is 0 Å². The number of alkyl halides is 1. The number of rotatable bonds is 3. The number of allylic oxidation sites excluding steroid dienone is 1. The quantitative estimate of drug-likeness (QED) is 0.555. The Bertz CT molecular complexity index is 201. The van der Waals surface area contributed by atoms with Crippen molar-refractivity contribution in [1.29, 1.82) is 0 Å². The van der Waals surface area contributed by atoms with Crippen molar-refractivity contribution >= 4 is 17.8 Å². The molecule has 0 bridgehead atoms. The lowest BCUT2D eigenvalue weighted by molar-refractivity contribution is 0.496. The molecule has 1 unspecified atom stereocenters. The van der Waals surface area contributed by atoms with Gasteiger partial charge in [-0.15, -0.1) is 11.6 Å². The van der Waals surface area contributed by atoms with Crippen LogP contribution in [-0.2, 0) is 0 Å². The molecular formula is C10H19ClN2. The Kier molecular flexibility index (Phi) is 5.07.